The van der Waals surface area contributed by atoms with E-state index in [1.54, 1.807) is 18.2 Å². The number of hydrogen-bond donors (Lipinski definition) is 0. The van der Waals surface area contributed by atoms with E-state index in [0.29, 0.717) is 19.6 Å². The molecule has 2 aromatic heterocycles. The van der Waals surface area contributed by atoms with Crippen molar-refractivity contribution in [3.63, 3.8) is 0 Å². The largest absolute Gasteiger partial charge is 0.467 e. The first-order valence-corrected chi connectivity index (χ1v) is 8.15. The molecule has 1 aromatic carbocycles. The van der Waals surface area contributed by atoms with E-state index in [2.05, 4.69) is 5.10 Å². The number of carbonyl (C=O) groups is 1. The normalized spacial score (nSPS) is 11.0. The molecule has 0 N–H and O–H groups in total. The molecule has 25 heavy (non-hydrogen) atoms. The van der Waals surface area contributed by atoms with Gasteiger partial charge in [-0.15, -0.1) is 0 Å². The zero-order valence-electron chi connectivity index (χ0n) is 14.5. The highest BCUT2D eigenvalue weighted by atomic mass is 16.3. The maximum atomic E-state index is 12.3. The Labute approximate surface area is 147 Å². The fraction of sp³-hybridized carbons (Fsp3) is 0.263. The highest BCUT2D eigenvalue weighted by molar-refractivity contribution is 5.77. The zero-order valence-corrected chi connectivity index (χ0v) is 14.5. The lowest BCUT2D eigenvalue weighted by Gasteiger charge is -2.20. The van der Waals surface area contributed by atoms with Crippen molar-refractivity contribution in [1.29, 1.82) is 0 Å². The second-order valence-corrected chi connectivity index (χ2v) is 6.13. The minimum Gasteiger partial charge on any atom is -0.467 e. The number of nitrogens with zero attached hydrogens (tertiary/aromatic N) is 4. The fourth-order valence-electron chi connectivity index (χ4n) is 2.61. The van der Waals surface area contributed by atoms with Gasteiger partial charge in [0.25, 0.3) is 0 Å². The highest BCUT2D eigenvalue weighted by Gasteiger charge is 2.14. The van der Waals surface area contributed by atoms with Crippen molar-refractivity contribution in [1.82, 2.24) is 19.6 Å². The monoisotopic (exact) mass is 338 g/mol. The van der Waals surface area contributed by atoms with Crippen LogP contribution in [0.15, 0.2) is 65.5 Å². The minimum absolute atomic E-state index is 0.0503. The quantitative estimate of drug-likeness (QED) is 0.664. The van der Waals surface area contributed by atoms with Gasteiger partial charge in [-0.2, -0.15) is 5.10 Å². The molecular weight excluding hydrogens is 316 g/mol. The van der Waals surface area contributed by atoms with Gasteiger partial charge in [0.1, 0.15) is 5.76 Å². The van der Waals surface area contributed by atoms with Crippen LogP contribution in [0.2, 0.25) is 0 Å². The first-order valence-electron chi connectivity index (χ1n) is 8.15. The molecular formula is C19H22N4O2. The van der Waals surface area contributed by atoms with Crippen molar-refractivity contribution in [2.45, 2.75) is 13.1 Å². The molecule has 0 atom stereocenters. The summed E-state index contributed by atoms with van der Waals surface area (Å²) >= 11 is 0. The lowest BCUT2D eigenvalue weighted by atomic mass is 10.3. The number of furan rings is 1. The molecule has 0 aliphatic heterocycles. The van der Waals surface area contributed by atoms with Crippen LogP contribution in [0.25, 0.3) is 5.69 Å². The summed E-state index contributed by atoms with van der Waals surface area (Å²) in [5.74, 6) is 0.831. The zero-order chi connectivity index (χ0) is 17.6. The van der Waals surface area contributed by atoms with Crippen LogP contribution < -0.4 is 0 Å². The molecule has 0 spiro atoms. The first-order chi connectivity index (χ1) is 12.1. The molecule has 3 aromatic rings. The molecule has 0 radical (unpaired) electrons. The van der Waals surface area contributed by atoms with Gasteiger partial charge in [-0.25, -0.2) is 4.68 Å². The van der Waals surface area contributed by atoms with E-state index in [0.717, 1.165) is 17.0 Å². The molecule has 0 unspecified atom stereocenters. The molecule has 6 heteroatoms. The molecule has 1 amide bonds. The average molecular weight is 338 g/mol. The molecule has 0 bridgehead atoms. The lowest BCUT2D eigenvalue weighted by molar-refractivity contribution is -0.131. The molecule has 3 rings (SSSR count). The van der Waals surface area contributed by atoms with Crippen molar-refractivity contribution in [2.24, 2.45) is 0 Å². The Morgan fingerprint density at radius 3 is 2.64 bits per heavy atom. The van der Waals surface area contributed by atoms with Crippen LogP contribution in [-0.2, 0) is 17.9 Å². The fourth-order valence-corrected chi connectivity index (χ4v) is 2.61. The minimum atomic E-state index is 0.0503. The first kappa shape index (κ1) is 17.0. The van der Waals surface area contributed by atoms with E-state index in [1.165, 1.54) is 0 Å². The number of para-hydroxylation sites is 1. The summed E-state index contributed by atoms with van der Waals surface area (Å²) in [6, 6.07) is 13.6. The van der Waals surface area contributed by atoms with Crippen LogP contribution >= 0.6 is 0 Å². The van der Waals surface area contributed by atoms with E-state index in [1.807, 2.05) is 71.5 Å². The van der Waals surface area contributed by atoms with Gasteiger partial charge in [-0.3, -0.25) is 9.69 Å². The van der Waals surface area contributed by atoms with Crippen LogP contribution in [0.1, 0.15) is 11.3 Å². The summed E-state index contributed by atoms with van der Waals surface area (Å²) in [7, 11) is 3.71. The number of carbonyl (C=O) groups excluding carboxylic acids is 1. The van der Waals surface area contributed by atoms with E-state index in [-0.39, 0.29) is 5.91 Å². The predicted octanol–water partition coefficient (Wildman–Crippen LogP) is 2.56. The van der Waals surface area contributed by atoms with Crippen molar-refractivity contribution in [3.8, 4) is 5.69 Å². The van der Waals surface area contributed by atoms with Crippen LogP contribution in [0.5, 0.6) is 0 Å². The number of rotatable bonds is 7. The molecule has 0 aliphatic carbocycles. The van der Waals surface area contributed by atoms with Gasteiger partial charge in [0, 0.05) is 25.4 Å². The Hall–Kier alpha value is -2.86. The van der Waals surface area contributed by atoms with E-state index >= 15 is 0 Å². The highest BCUT2D eigenvalue weighted by Crippen LogP contribution is 2.10. The van der Waals surface area contributed by atoms with Gasteiger partial charge in [0.05, 0.1) is 31.2 Å². The topological polar surface area (TPSA) is 54.5 Å². The van der Waals surface area contributed by atoms with Crippen molar-refractivity contribution in [2.75, 3.05) is 20.6 Å². The third-order valence-corrected chi connectivity index (χ3v) is 3.91. The molecule has 6 nitrogen and oxygen atoms in total. The van der Waals surface area contributed by atoms with Crippen LogP contribution in [0.4, 0.5) is 0 Å². The van der Waals surface area contributed by atoms with Crippen molar-refractivity contribution >= 4 is 5.91 Å². The number of likely N-dealkylation sites (N-methyl/N-ethyl adjacent to an activating group) is 2. The number of amides is 1. The summed E-state index contributed by atoms with van der Waals surface area (Å²) in [6.07, 6.45) is 5.44. The predicted molar refractivity (Wildman–Crippen MR) is 95.1 cm³/mol. The Morgan fingerprint density at radius 2 is 1.92 bits per heavy atom. The second kappa shape index (κ2) is 7.81. The van der Waals surface area contributed by atoms with E-state index in [4.69, 9.17) is 4.42 Å². The standard InChI is InChI=1S/C19H22N4O2/c1-21(15-19(24)22(2)14-18-9-6-10-25-18)12-16-11-20-23(13-16)17-7-4-3-5-8-17/h3-11,13H,12,14-15H2,1-2H3. The van der Waals surface area contributed by atoms with Gasteiger partial charge in [0.15, 0.2) is 0 Å². The van der Waals surface area contributed by atoms with Gasteiger partial charge < -0.3 is 9.32 Å². The van der Waals surface area contributed by atoms with E-state index < -0.39 is 0 Å². The smallest absolute Gasteiger partial charge is 0.236 e. The molecule has 0 saturated heterocycles. The van der Waals surface area contributed by atoms with Gasteiger partial charge >= 0.3 is 0 Å². The summed E-state index contributed by atoms with van der Waals surface area (Å²) < 4.78 is 7.12. The molecule has 0 fully saturated rings. The van der Waals surface area contributed by atoms with Gasteiger partial charge in [-0.1, -0.05) is 18.2 Å². The maximum absolute atomic E-state index is 12.3. The Bertz CT molecular complexity index is 796. The van der Waals surface area contributed by atoms with Crippen molar-refractivity contribution in [3.05, 3.63) is 72.4 Å². The van der Waals surface area contributed by atoms with Gasteiger partial charge in [0.2, 0.25) is 5.91 Å². The molecule has 2 heterocycles. The lowest BCUT2D eigenvalue weighted by Crippen LogP contribution is -2.35. The van der Waals surface area contributed by atoms with Crippen LogP contribution in [0.3, 0.4) is 0 Å². The molecule has 130 valence electrons. The SMILES string of the molecule is CN(CC(=O)N(C)Cc1ccco1)Cc1cnn(-c2ccccc2)c1. The van der Waals surface area contributed by atoms with Crippen molar-refractivity contribution < 1.29 is 9.21 Å². The van der Waals surface area contributed by atoms with Crippen LogP contribution in [-0.4, -0.2) is 46.1 Å². The average Bonchev–Trinajstić information content (AvgIpc) is 3.27. The summed E-state index contributed by atoms with van der Waals surface area (Å²) in [5, 5.41) is 4.39. The van der Waals surface area contributed by atoms with E-state index in [9.17, 15) is 4.79 Å². The summed E-state index contributed by atoms with van der Waals surface area (Å²) in [5.41, 5.74) is 2.08. The van der Waals surface area contributed by atoms with Crippen LogP contribution in [0, 0.1) is 0 Å². The Balaban J connectivity index is 1.53. The van der Waals surface area contributed by atoms with Gasteiger partial charge in [-0.05, 0) is 31.3 Å². The molecule has 0 saturated carbocycles. The number of aromatic nitrogens is 2. The maximum Gasteiger partial charge on any atom is 0.236 e. The Morgan fingerprint density at radius 1 is 1.12 bits per heavy atom. The summed E-state index contributed by atoms with van der Waals surface area (Å²) in [6.45, 7) is 1.48. The number of benzene rings is 1. The second-order valence-electron chi connectivity index (χ2n) is 6.13. The molecule has 0 aliphatic rings. The third-order valence-electron chi connectivity index (χ3n) is 3.91. The Kier molecular flexibility index (Phi) is 5.30. The summed E-state index contributed by atoms with van der Waals surface area (Å²) in [4.78, 5) is 16.0. The third kappa shape index (κ3) is 4.58. The number of hydrogen-bond acceptors (Lipinski definition) is 4.